The number of benzene rings is 1. The van der Waals surface area contributed by atoms with Gasteiger partial charge >= 0.3 is 0 Å². The molecule has 104 valence electrons. The summed E-state index contributed by atoms with van der Waals surface area (Å²) in [4.78, 5) is 15.3. The van der Waals surface area contributed by atoms with Crippen LogP contribution >= 0.6 is 0 Å². The number of aromatic nitrogens is 1. The molecule has 2 aromatic rings. The average Bonchev–Trinajstić information content (AvgIpc) is 2.41. The van der Waals surface area contributed by atoms with Crippen molar-refractivity contribution in [3.05, 3.63) is 59.4 Å². The minimum atomic E-state index is -0.469. The Labute approximate surface area is 119 Å². The molecule has 2 rings (SSSR count). The van der Waals surface area contributed by atoms with Gasteiger partial charge in [0.05, 0.1) is 11.3 Å². The van der Waals surface area contributed by atoms with Gasteiger partial charge in [-0.1, -0.05) is 24.3 Å². The van der Waals surface area contributed by atoms with Crippen LogP contribution in [0, 0.1) is 6.92 Å². The van der Waals surface area contributed by atoms with Crippen molar-refractivity contribution in [2.24, 2.45) is 5.73 Å². The van der Waals surface area contributed by atoms with Gasteiger partial charge in [-0.3, -0.25) is 9.78 Å². The maximum Gasteiger partial charge on any atom is 0.252 e. The third-order valence-electron chi connectivity index (χ3n) is 3.28. The van der Waals surface area contributed by atoms with Crippen molar-refractivity contribution in [1.82, 2.24) is 4.98 Å². The van der Waals surface area contributed by atoms with Gasteiger partial charge in [0.2, 0.25) is 0 Å². The number of aryl methyl sites for hydroxylation is 1. The van der Waals surface area contributed by atoms with Crippen LogP contribution in [0.1, 0.15) is 28.4 Å². The SMILES string of the molecule is Cc1ccccc1CC(C)Nc1ccncc1C(N)=O. The van der Waals surface area contributed by atoms with E-state index in [0.717, 1.165) is 12.1 Å². The quantitative estimate of drug-likeness (QED) is 0.876. The number of rotatable bonds is 5. The summed E-state index contributed by atoms with van der Waals surface area (Å²) in [5.74, 6) is -0.469. The Bertz CT molecular complexity index is 610. The molecule has 20 heavy (non-hydrogen) atoms. The van der Waals surface area contributed by atoms with E-state index in [1.807, 2.05) is 12.1 Å². The van der Waals surface area contributed by atoms with E-state index < -0.39 is 5.91 Å². The summed E-state index contributed by atoms with van der Waals surface area (Å²) >= 11 is 0. The average molecular weight is 269 g/mol. The molecule has 1 aromatic heterocycles. The van der Waals surface area contributed by atoms with E-state index in [9.17, 15) is 4.79 Å². The first kappa shape index (κ1) is 14.1. The zero-order valence-electron chi connectivity index (χ0n) is 11.8. The normalized spacial score (nSPS) is 11.9. The second-order valence-electron chi connectivity index (χ2n) is 4.96. The first-order chi connectivity index (χ1) is 9.58. The second-order valence-corrected chi connectivity index (χ2v) is 4.96. The Morgan fingerprint density at radius 3 is 2.80 bits per heavy atom. The number of carbonyl (C=O) groups excluding carboxylic acids is 1. The van der Waals surface area contributed by atoms with Crippen LogP contribution in [-0.4, -0.2) is 16.9 Å². The lowest BCUT2D eigenvalue weighted by atomic mass is 10.0. The Kier molecular flexibility index (Phi) is 4.35. The van der Waals surface area contributed by atoms with Crippen LogP contribution in [0.15, 0.2) is 42.7 Å². The molecule has 0 bridgehead atoms. The molecule has 1 unspecified atom stereocenters. The number of nitrogens with two attached hydrogens (primary N) is 1. The molecule has 0 aliphatic carbocycles. The van der Waals surface area contributed by atoms with Crippen molar-refractivity contribution in [2.45, 2.75) is 26.3 Å². The van der Waals surface area contributed by atoms with E-state index in [4.69, 9.17) is 5.73 Å². The lowest BCUT2D eigenvalue weighted by Gasteiger charge is -2.18. The van der Waals surface area contributed by atoms with Crippen LogP contribution in [0.2, 0.25) is 0 Å². The molecule has 1 aromatic carbocycles. The number of carbonyl (C=O) groups is 1. The number of nitrogens with zero attached hydrogens (tertiary/aromatic N) is 1. The molecule has 1 amide bonds. The van der Waals surface area contributed by atoms with Crippen LogP contribution in [-0.2, 0) is 6.42 Å². The third-order valence-corrected chi connectivity index (χ3v) is 3.28. The summed E-state index contributed by atoms with van der Waals surface area (Å²) in [5, 5.41) is 3.33. The monoisotopic (exact) mass is 269 g/mol. The highest BCUT2D eigenvalue weighted by Crippen LogP contribution is 2.16. The summed E-state index contributed by atoms with van der Waals surface area (Å²) in [5.41, 5.74) is 9.06. The fraction of sp³-hybridized carbons (Fsp3) is 0.250. The van der Waals surface area contributed by atoms with E-state index in [2.05, 4.69) is 36.3 Å². The third kappa shape index (κ3) is 3.35. The van der Waals surface area contributed by atoms with Crippen LogP contribution in [0.5, 0.6) is 0 Å². The smallest absolute Gasteiger partial charge is 0.252 e. The minimum absolute atomic E-state index is 0.191. The van der Waals surface area contributed by atoms with Crippen molar-refractivity contribution in [3.8, 4) is 0 Å². The summed E-state index contributed by atoms with van der Waals surface area (Å²) < 4.78 is 0. The Morgan fingerprint density at radius 2 is 2.10 bits per heavy atom. The fourth-order valence-corrected chi connectivity index (χ4v) is 2.20. The van der Waals surface area contributed by atoms with Crippen LogP contribution < -0.4 is 11.1 Å². The van der Waals surface area contributed by atoms with Crippen LogP contribution in [0.4, 0.5) is 5.69 Å². The highest BCUT2D eigenvalue weighted by Gasteiger charge is 2.11. The molecule has 4 nitrogen and oxygen atoms in total. The minimum Gasteiger partial charge on any atom is -0.382 e. The van der Waals surface area contributed by atoms with E-state index in [0.29, 0.717) is 5.56 Å². The molecule has 0 spiro atoms. The fourth-order valence-electron chi connectivity index (χ4n) is 2.20. The molecule has 3 N–H and O–H groups in total. The van der Waals surface area contributed by atoms with Crippen LogP contribution in [0.25, 0.3) is 0 Å². The maximum absolute atomic E-state index is 11.4. The van der Waals surface area contributed by atoms with Crippen molar-refractivity contribution < 1.29 is 4.79 Å². The lowest BCUT2D eigenvalue weighted by molar-refractivity contribution is 0.100. The summed E-state index contributed by atoms with van der Waals surface area (Å²) in [6.45, 7) is 4.18. The van der Waals surface area contributed by atoms with Gasteiger partial charge in [-0.25, -0.2) is 0 Å². The maximum atomic E-state index is 11.4. The van der Waals surface area contributed by atoms with E-state index in [1.54, 1.807) is 12.3 Å². The number of amides is 1. The number of nitrogens with one attached hydrogen (secondary N) is 1. The molecule has 1 heterocycles. The summed E-state index contributed by atoms with van der Waals surface area (Å²) in [6, 6.07) is 10.3. The van der Waals surface area contributed by atoms with Gasteiger partial charge in [-0.05, 0) is 37.5 Å². The largest absolute Gasteiger partial charge is 0.382 e. The molecule has 0 radical (unpaired) electrons. The van der Waals surface area contributed by atoms with Gasteiger partial charge in [0.25, 0.3) is 5.91 Å². The van der Waals surface area contributed by atoms with Gasteiger partial charge in [-0.15, -0.1) is 0 Å². The molecule has 0 fully saturated rings. The highest BCUT2D eigenvalue weighted by atomic mass is 16.1. The number of primary amides is 1. The van der Waals surface area contributed by atoms with Crippen molar-refractivity contribution in [1.29, 1.82) is 0 Å². The topological polar surface area (TPSA) is 68.0 Å². The molecule has 1 atom stereocenters. The predicted molar refractivity (Wildman–Crippen MR) is 80.7 cm³/mol. The molecule has 0 aliphatic rings. The molecule has 4 heteroatoms. The van der Waals surface area contributed by atoms with Gasteiger partial charge in [0.1, 0.15) is 0 Å². The number of hydrogen-bond acceptors (Lipinski definition) is 3. The first-order valence-electron chi connectivity index (χ1n) is 6.63. The first-order valence-corrected chi connectivity index (χ1v) is 6.63. The lowest BCUT2D eigenvalue weighted by Crippen LogP contribution is -2.22. The van der Waals surface area contributed by atoms with E-state index in [1.165, 1.54) is 17.3 Å². The zero-order valence-corrected chi connectivity index (χ0v) is 11.8. The van der Waals surface area contributed by atoms with Crippen LogP contribution in [0.3, 0.4) is 0 Å². The Hall–Kier alpha value is -2.36. The van der Waals surface area contributed by atoms with Crippen molar-refractivity contribution >= 4 is 11.6 Å². The van der Waals surface area contributed by atoms with Crippen molar-refractivity contribution in [3.63, 3.8) is 0 Å². The molecule has 0 saturated heterocycles. The summed E-state index contributed by atoms with van der Waals surface area (Å²) in [6.07, 6.45) is 4.02. The van der Waals surface area contributed by atoms with Crippen molar-refractivity contribution in [2.75, 3.05) is 5.32 Å². The van der Waals surface area contributed by atoms with E-state index >= 15 is 0 Å². The van der Waals surface area contributed by atoms with Gasteiger partial charge in [0.15, 0.2) is 0 Å². The van der Waals surface area contributed by atoms with E-state index in [-0.39, 0.29) is 6.04 Å². The van der Waals surface area contributed by atoms with Gasteiger partial charge in [0, 0.05) is 18.4 Å². The number of anilines is 1. The highest BCUT2D eigenvalue weighted by molar-refractivity contribution is 5.98. The number of hydrogen-bond donors (Lipinski definition) is 2. The standard InChI is InChI=1S/C16H19N3O/c1-11-5-3-4-6-13(11)9-12(2)19-15-7-8-18-10-14(15)16(17)20/h3-8,10,12H,9H2,1-2H3,(H2,17,20)(H,18,19). The Morgan fingerprint density at radius 1 is 1.35 bits per heavy atom. The number of pyridine rings is 1. The second kappa shape index (κ2) is 6.19. The Balaban J connectivity index is 2.11. The predicted octanol–water partition coefficient (Wildman–Crippen LogP) is 2.53. The van der Waals surface area contributed by atoms with Gasteiger partial charge < -0.3 is 11.1 Å². The summed E-state index contributed by atoms with van der Waals surface area (Å²) in [7, 11) is 0. The molecular formula is C16H19N3O. The molecular weight excluding hydrogens is 250 g/mol. The zero-order chi connectivity index (χ0) is 14.5. The van der Waals surface area contributed by atoms with Gasteiger partial charge in [-0.2, -0.15) is 0 Å². The molecule has 0 saturated carbocycles. The molecule has 0 aliphatic heterocycles.